The summed E-state index contributed by atoms with van der Waals surface area (Å²) >= 11 is 1.72. The predicted molar refractivity (Wildman–Crippen MR) is 70.8 cm³/mol. The average molecular weight is 251 g/mol. The number of nitrogens with two attached hydrogens (primary N) is 1. The number of aromatic nitrogens is 1. The third-order valence-electron chi connectivity index (χ3n) is 4.64. The lowest BCUT2D eigenvalue weighted by atomic mass is 9.85. The molecule has 0 aliphatic heterocycles. The maximum Gasteiger partial charge on any atom is 0.109 e. The number of nitrogens with zero attached hydrogens (tertiary/aromatic N) is 1. The summed E-state index contributed by atoms with van der Waals surface area (Å²) in [6, 6.07) is 0.797. The lowest BCUT2D eigenvalue weighted by molar-refractivity contribution is 0.271. The summed E-state index contributed by atoms with van der Waals surface area (Å²) in [5.74, 6) is 2.38. The van der Waals surface area contributed by atoms with E-state index in [1.165, 1.54) is 24.3 Å². The van der Waals surface area contributed by atoms with Crippen molar-refractivity contribution in [2.24, 2.45) is 23.5 Å². The Labute approximate surface area is 107 Å². The van der Waals surface area contributed by atoms with Gasteiger partial charge in [0.25, 0.3) is 0 Å². The number of fused-ring (bicyclic) bond motifs is 2. The monoisotopic (exact) mass is 251 g/mol. The minimum absolute atomic E-state index is 0.362. The Bertz CT molecular complexity index is 363. The molecule has 17 heavy (non-hydrogen) atoms. The van der Waals surface area contributed by atoms with E-state index in [-0.39, 0.29) is 0 Å². The molecule has 5 atom stereocenters. The zero-order chi connectivity index (χ0) is 11.8. The van der Waals surface area contributed by atoms with Crippen molar-refractivity contribution in [3.8, 4) is 0 Å². The number of hydrogen-bond acceptors (Lipinski definition) is 4. The molecule has 3 rings (SSSR count). The van der Waals surface area contributed by atoms with Crippen molar-refractivity contribution in [2.75, 3.05) is 6.54 Å². The highest BCUT2D eigenvalue weighted by Crippen LogP contribution is 2.47. The zero-order valence-electron chi connectivity index (χ0n) is 10.3. The molecule has 1 aromatic rings. The molecule has 0 radical (unpaired) electrons. The van der Waals surface area contributed by atoms with Crippen LogP contribution >= 0.6 is 11.3 Å². The molecule has 94 valence electrons. The third-order valence-corrected chi connectivity index (χ3v) is 5.60. The Morgan fingerprint density at radius 1 is 1.53 bits per heavy atom. The second-order valence-electron chi connectivity index (χ2n) is 5.57. The van der Waals surface area contributed by atoms with E-state index in [2.05, 4.69) is 17.2 Å². The zero-order valence-corrected chi connectivity index (χ0v) is 11.1. The van der Waals surface area contributed by atoms with Gasteiger partial charge in [-0.15, -0.1) is 11.3 Å². The minimum Gasteiger partial charge on any atom is -0.327 e. The molecule has 2 bridgehead atoms. The Hall–Kier alpha value is -0.450. The second-order valence-corrected chi connectivity index (χ2v) is 6.50. The topological polar surface area (TPSA) is 50.9 Å². The first-order chi connectivity index (χ1) is 8.25. The molecule has 1 heterocycles. The van der Waals surface area contributed by atoms with Crippen LogP contribution in [0.3, 0.4) is 0 Å². The van der Waals surface area contributed by atoms with Crippen molar-refractivity contribution in [2.45, 2.75) is 38.3 Å². The van der Waals surface area contributed by atoms with E-state index < -0.39 is 0 Å². The average Bonchev–Trinajstić information content (AvgIpc) is 3.04. The van der Waals surface area contributed by atoms with Crippen molar-refractivity contribution in [1.82, 2.24) is 10.3 Å². The van der Waals surface area contributed by atoms with Crippen LogP contribution in [0.2, 0.25) is 0 Å². The highest BCUT2D eigenvalue weighted by Gasteiger charge is 2.45. The van der Waals surface area contributed by atoms with Crippen LogP contribution in [0.4, 0.5) is 0 Å². The maximum absolute atomic E-state index is 6.32. The molecule has 0 spiro atoms. The van der Waals surface area contributed by atoms with Gasteiger partial charge in [-0.25, -0.2) is 4.98 Å². The van der Waals surface area contributed by atoms with Gasteiger partial charge in [-0.3, -0.25) is 0 Å². The van der Waals surface area contributed by atoms with Crippen LogP contribution in [-0.4, -0.2) is 17.6 Å². The normalized spacial score (nSPS) is 37.5. The number of rotatable bonds is 4. The van der Waals surface area contributed by atoms with Gasteiger partial charge in [0.2, 0.25) is 0 Å². The van der Waals surface area contributed by atoms with Gasteiger partial charge in [0.15, 0.2) is 0 Å². The van der Waals surface area contributed by atoms with Gasteiger partial charge in [-0.1, -0.05) is 0 Å². The number of hydrogen-bond donors (Lipinski definition) is 2. The first kappa shape index (κ1) is 11.6. The first-order valence-corrected chi connectivity index (χ1v) is 7.52. The standard InChI is InChI=1S/C13H21N3S/c1-8(13-15-4-5-17-13)16-7-11-9-2-3-10(6-9)12(11)14/h4-5,8-12,16H,2-3,6-7,14H2,1H3. The largest absolute Gasteiger partial charge is 0.327 e. The van der Waals surface area contributed by atoms with E-state index in [4.69, 9.17) is 5.73 Å². The molecule has 3 N–H and O–H groups in total. The summed E-state index contributed by atoms with van der Waals surface area (Å²) in [5.41, 5.74) is 6.32. The Morgan fingerprint density at radius 3 is 3.00 bits per heavy atom. The van der Waals surface area contributed by atoms with Gasteiger partial charge in [0.05, 0.1) is 6.04 Å². The fourth-order valence-electron chi connectivity index (χ4n) is 3.61. The molecule has 5 unspecified atom stereocenters. The molecule has 2 aliphatic carbocycles. The molecular weight excluding hydrogens is 230 g/mol. The summed E-state index contributed by atoms with van der Waals surface area (Å²) < 4.78 is 0. The molecule has 1 aromatic heterocycles. The smallest absolute Gasteiger partial charge is 0.109 e. The summed E-state index contributed by atoms with van der Waals surface area (Å²) in [6.07, 6.45) is 6.02. The van der Waals surface area contributed by atoms with Crippen LogP contribution in [0, 0.1) is 17.8 Å². The van der Waals surface area contributed by atoms with Crippen LogP contribution < -0.4 is 11.1 Å². The highest BCUT2D eigenvalue weighted by molar-refractivity contribution is 7.09. The summed E-state index contributed by atoms with van der Waals surface area (Å²) in [5, 5.41) is 6.83. The number of thiazole rings is 1. The molecule has 0 saturated heterocycles. The second kappa shape index (κ2) is 4.67. The fourth-order valence-corrected chi connectivity index (χ4v) is 4.28. The lowest BCUT2D eigenvalue weighted by Crippen LogP contribution is -2.41. The minimum atomic E-state index is 0.362. The molecule has 4 heteroatoms. The molecular formula is C13H21N3S. The van der Waals surface area contributed by atoms with Gasteiger partial charge in [-0.2, -0.15) is 0 Å². The van der Waals surface area contributed by atoms with Crippen molar-refractivity contribution in [3.05, 3.63) is 16.6 Å². The van der Waals surface area contributed by atoms with Crippen molar-refractivity contribution >= 4 is 11.3 Å². The Kier molecular flexibility index (Phi) is 3.19. The van der Waals surface area contributed by atoms with E-state index in [0.29, 0.717) is 18.0 Å². The van der Waals surface area contributed by atoms with Crippen molar-refractivity contribution in [3.63, 3.8) is 0 Å². The summed E-state index contributed by atoms with van der Waals surface area (Å²) in [7, 11) is 0. The molecule has 2 saturated carbocycles. The van der Waals surface area contributed by atoms with Crippen molar-refractivity contribution in [1.29, 1.82) is 0 Å². The Balaban J connectivity index is 1.55. The molecule has 0 amide bonds. The van der Waals surface area contributed by atoms with E-state index >= 15 is 0 Å². The molecule has 2 aliphatic rings. The third kappa shape index (κ3) is 2.14. The number of nitrogens with one attached hydrogen (secondary N) is 1. The SMILES string of the molecule is CC(NCC1C2CCC(C2)C1N)c1nccs1. The fraction of sp³-hybridized carbons (Fsp3) is 0.769. The summed E-state index contributed by atoms with van der Waals surface area (Å²) in [6.45, 7) is 3.25. The van der Waals surface area contributed by atoms with Crippen LogP contribution in [0.25, 0.3) is 0 Å². The van der Waals surface area contributed by atoms with Crippen LogP contribution in [0.1, 0.15) is 37.2 Å². The van der Waals surface area contributed by atoms with Crippen molar-refractivity contribution < 1.29 is 0 Å². The van der Waals surface area contributed by atoms with Crippen LogP contribution in [-0.2, 0) is 0 Å². The molecule has 2 fully saturated rings. The predicted octanol–water partition coefficient (Wildman–Crippen LogP) is 2.17. The van der Waals surface area contributed by atoms with E-state index in [9.17, 15) is 0 Å². The van der Waals surface area contributed by atoms with Crippen LogP contribution in [0.5, 0.6) is 0 Å². The lowest BCUT2D eigenvalue weighted by Gasteiger charge is -2.29. The highest BCUT2D eigenvalue weighted by atomic mass is 32.1. The quantitative estimate of drug-likeness (QED) is 0.862. The van der Waals surface area contributed by atoms with Gasteiger partial charge >= 0.3 is 0 Å². The summed E-state index contributed by atoms with van der Waals surface area (Å²) in [4.78, 5) is 4.35. The van der Waals surface area contributed by atoms with Gasteiger partial charge < -0.3 is 11.1 Å². The van der Waals surface area contributed by atoms with E-state index in [1.54, 1.807) is 11.3 Å². The molecule has 3 nitrogen and oxygen atoms in total. The van der Waals surface area contributed by atoms with Crippen LogP contribution in [0.15, 0.2) is 11.6 Å². The van der Waals surface area contributed by atoms with Gasteiger partial charge in [0, 0.05) is 24.2 Å². The maximum atomic E-state index is 6.32. The van der Waals surface area contributed by atoms with E-state index in [1.807, 2.05) is 11.6 Å². The van der Waals surface area contributed by atoms with Gasteiger partial charge in [0.1, 0.15) is 5.01 Å². The van der Waals surface area contributed by atoms with E-state index in [0.717, 1.165) is 18.4 Å². The molecule has 0 aromatic carbocycles. The van der Waals surface area contributed by atoms with Gasteiger partial charge in [-0.05, 0) is 43.9 Å². The first-order valence-electron chi connectivity index (χ1n) is 6.64. The Morgan fingerprint density at radius 2 is 2.35 bits per heavy atom.